The third kappa shape index (κ3) is 1.83. The first-order valence-corrected chi connectivity index (χ1v) is 6.72. The van der Waals surface area contributed by atoms with Crippen LogP contribution in [0.2, 0.25) is 0 Å². The molecule has 1 aromatic heterocycles. The summed E-state index contributed by atoms with van der Waals surface area (Å²) in [6.07, 6.45) is 0. The summed E-state index contributed by atoms with van der Waals surface area (Å²) in [7, 11) is 0. The van der Waals surface area contributed by atoms with E-state index in [9.17, 15) is 0 Å². The predicted molar refractivity (Wildman–Crippen MR) is 65.9 cm³/mol. The molecule has 1 aliphatic rings. The van der Waals surface area contributed by atoms with Crippen molar-refractivity contribution in [3.05, 3.63) is 5.82 Å². The van der Waals surface area contributed by atoms with Gasteiger partial charge in [-0.3, -0.25) is 0 Å². The number of aromatic nitrogens is 2. The van der Waals surface area contributed by atoms with Crippen molar-refractivity contribution in [2.45, 2.75) is 40.5 Å². The maximum Gasteiger partial charge on any atom is 0.293 e. The Morgan fingerprint density at radius 3 is 2.62 bits per heavy atom. The minimum absolute atomic E-state index is 0.346. The second-order valence-electron chi connectivity index (χ2n) is 5.42. The summed E-state index contributed by atoms with van der Waals surface area (Å²) in [5, 5.41) is 0.711. The zero-order valence-electron chi connectivity index (χ0n) is 10.7. The third-order valence-electron chi connectivity index (χ3n) is 3.60. The number of hydrogen-bond donors (Lipinski definition) is 0. The lowest BCUT2D eigenvalue weighted by molar-refractivity contribution is 0.337. The summed E-state index contributed by atoms with van der Waals surface area (Å²) in [5.74, 6) is 2.89. The summed E-state index contributed by atoms with van der Waals surface area (Å²) in [6, 6.07) is 0. The second kappa shape index (κ2) is 3.99. The highest BCUT2D eigenvalue weighted by atomic mass is 32.1. The molecule has 0 bridgehead atoms. The molecule has 1 fully saturated rings. The Labute approximate surface area is 101 Å². The van der Waals surface area contributed by atoms with Crippen molar-refractivity contribution in [3.63, 3.8) is 0 Å². The van der Waals surface area contributed by atoms with Gasteiger partial charge in [-0.15, -0.1) is 0 Å². The van der Waals surface area contributed by atoms with Gasteiger partial charge in [0.1, 0.15) is 5.82 Å². The van der Waals surface area contributed by atoms with Gasteiger partial charge >= 0.3 is 0 Å². The highest BCUT2D eigenvalue weighted by molar-refractivity contribution is 7.07. The van der Waals surface area contributed by atoms with Crippen LogP contribution in [0.25, 0.3) is 0 Å². The van der Waals surface area contributed by atoms with Crippen LogP contribution in [0, 0.1) is 17.3 Å². The average molecular weight is 240 g/mol. The van der Waals surface area contributed by atoms with Crippen LogP contribution in [-0.2, 0) is 0 Å². The number of hydrogen-bond acceptors (Lipinski definition) is 4. The SMILES string of the molecule is CCOc1nc([C@@H]2C(C(C)C)C2(C)C)ns1. The molecule has 0 aliphatic heterocycles. The van der Waals surface area contributed by atoms with E-state index < -0.39 is 0 Å². The predicted octanol–water partition coefficient (Wildman–Crippen LogP) is 3.33. The zero-order valence-corrected chi connectivity index (χ0v) is 11.5. The monoisotopic (exact) mass is 240 g/mol. The zero-order chi connectivity index (χ0) is 11.9. The number of ether oxygens (including phenoxy) is 1. The van der Waals surface area contributed by atoms with Crippen molar-refractivity contribution in [3.8, 4) is 5.19 Å². The molecular formula is C12H20N2OS. The third-order valence-corrected chi connectivity index (χ3v) is 4.24. The fraction of sp³-hybridized carbons (Fsp3) is 0.833. The van der Waals surface area contributed by atoms with E-state index in [1.807, 2.05) is 6.92 Å². The molecule has 3 nitrogen and oxygen atoms in total. The molecule has 0 aromatic carbocycles. The van der Waals surface area contributed by atoms with Crippen LogP contribution in [0.1, 0.15) is 46.4 Å². The normalized spacial score (nSPS) is 27.1. The molecule has 1 saturated carbocycles. The molecule has 1 aliphatic carbocycles. The topological polar surface area (TPSA) is 35.0 Å². The first-order valence-electron chi connectivity index (χ1n) is 5.94. The molecule has 0 spiro atoms. The molecule has 1 heterocycles. The van der Waals surface area contributed by atoms with Crippen molar-refractivity contribution in [1.82, 2.24) is 9.36 Å². The van der Waals surface area contributed by atoms with Gasteiger partial charge in [-0.2, -0.15) is 9.36 Å². The average Bonchev–Trinajstić information content (AvgIpc) is 2.57. The molecule has 0 radical (unpaired) electrons. The lowest BCUT2D eigenvalue weighted by Crippen LogP contribution is -1.96. The molecule has 16 heavy (non-hydrogen) atoms. The van der Waals surface area contributed by atoms with Gasteiger partial charge in [0.25, 0.3) is 5.19 Å². The standard InChI is InChI=1S/C12H20N2OS/c1-6-15-11-13-10(14-16-11)9-8(7(2)3)12(9,4)5/h7-9H,6H2,1-5H3/t8?,9-/m0/s1. The van der Waals surface area contributed by atoms with E-state index in [0.29, 0.717) is 35.0 Å². The van der Waals surface area contributed by atoms with Crippen LogP contribution in [0.5, 0.6) is 5.19 Å². The molecule has 2 atom stereocenters. The Morgan fingerprint density at radius 1 is 1.44 bits per heavy atom. The second-order valence-corrected chi connectivity index (χ2v) is 6.13. The Morgan fingerprint density at radius 2 is 2.12 bits per heavy atom. The van der Waals surface area contributed by atoms with E-state index in [-0.39, 0.29) is 0 Å². The first kappa shape index (κ1) is 11.8. The van der Waals surface area contributed by atoms with Gasteiger partial charge < -0.3 is 4.74 Å². The van der Waals surface area contributed by atoms with Crippen LogP contribution in [0.3, 0.4) is 0 Å². The van der Waals surface area contributed by atoms with Crippen molar-refractivity contribution in [2.75, 3.05) is 6.61 Å². The molecular weight excluding hydrogens is 220 g/mol. The maximum absolute atomic E-state index is 5.37. The van der Waals surface area contributed by atoms with Crippen LogP contribution >= 0.6 is 11.5 Å². The van der Waals surface area contributed by atoms with E-state index in [2.05, 4.69) is 37.1 Å². The van der Waals surface area contributed by atoms with Crippen LogP contribution < -0.4 is 4.74 Å². The molecule has 0 saturated heterocycles. The van der Waals surface area contributed by atoms with Crippen LogP contribution in [0.15, 0.2) is 0 Å². The van der Waals surface area contributed by atoms with Crippen LogP contribution in [0.4, 0.5) is 0 Å². The Balaban J connectivity index is 2.14. The van der Waals surface area contributed by atoms with E-state index in [1.165, 1.54) is 11.5 Å². The lowest BCUT2D eigenvalue weighted by Gasteiger charge is -2.04. The lowest BCUT2D eigenvalue weighted by atomic mass is 10.0. The van der Waals surface area contributed by atoms with Crippen molar-refractivity contribution >= 4 is 11.5 Å². The number of nitrogens with zero attached hydrogens (tertiary/aromatic N) is 2. The Bertz CT molecular complexity index is 373. The fourth-order valence-electron chi connectivity index (χ4n) is 2.94. The minimum Gasteiger partial charge on any atom is -0.469 e. The highest BCUT2D eigenvalue weighted by Crippen LogP contribution is 2.66. The summed E-state index contributed by atoms with van der Waals surface area (Å²) in [4.78, 5) is 4.48. The minimum atomic E-state index is 0.346. The largest absolute Gasteiger partial charge is 0.469 e. The van der Waals surface area contributed by atoms with Gasteiger partial charge in [0, 0.05) is 17.5 Å². The molecule has 1 unspecified atom stereocenters. The van der Waals surface area contributed by atoms with Crippen molar-refractivity contribution in [1.29, 1.82) is 0 Å². The highest BCUT2D eigenvalue weighted by Gasteiger charge is 2.61. The van der Waals surface area contributed by atoms with Crippen LogP contribution in [-0.4, -0.2) is 16.0 Å². The molecule has 0 N–H and O–H groups in total. The molecule has 0 amide bonds. The van der Waals surface area contributed by atoms with E-state index in [4.69, 9.17) is 4.74 Å². The fourth-order valence-corrected chi connectivity index (χ4v) is 3.57. The van der Waals surface area contributed by atoms with Crippen molar-refractivity contribution in [2.24, 2.45) is 17.3 Å². The maximum atomic E-state index is 5.37. The smallest absolute Gasteiger partial charge is 0.293 e. The molecule has 90 valence electrons. The Kier molecular flexibility index (Phi) is 2.95. The number of rotatable bonds is 4. The summed E-state index contributed by atoms with van der Waals surface area (Å²) in [5.41, 5.74) is 0.346. The van der Waals surface area contributed by atoms with Crippen molar-refractivity contribution < 1.29 is 4.74 Å². The van der Waals surface area contributed by atoms with E-state index in [0.717, 1.165) is 5.82 Å². The van der Waals surface area contributed by atoms with Gasteiger partial charge in [0.05, 0.1) is 6.61 Å². The quantitative estimate of drug-likeness (QED) is 0.809. The van der Waals surface area contributed by atoms with Gasteiger partial charge in [-0.1, -0.05) is 27.7 Å². The van der Waals surface area contributed by atoms with Gasteiger partial charge in [-0.25, -0.2) is 0 Å². The van der Waals surface area contributed by atoms with E-state index in [1.54, 1.807) is 0 Å². The van der Waals surface area contributed by atoms with E-state index >= 15 is 0 Å². The summed E-state index contributed by atoms with van der Waals surface area (Å²) >= 11 is 1.37. The summed E-state index contributed by atoms with van der Waals surface area (Å²) < 4.78 is 9.80. The van der Waals surface area contributed by atoms with Gasteiger partial charge in [-0.05, 0) is 24.2 Å². The molecule has 2 rings (SSSR count). The van der Waals surface area contributed by atoms with Gasteiger partial charge in [0.15, 0.2) is 0 Å². The van der Waals surface area contributed by atoms with Gasteiger partial charge in [0.2, 0.25) is 0 Å². The first-order chi connectivity index (χ1) is 7.48. The molecule has 4 heteroatoms. The summed E-state index contributed by atoms with van der Waals surface area (Å²) in [6.45, 7) is 11.8. The Hall–Kier alpha value is -0.640. The molecule has 1 aromatic rings.